The molecule has 0 unspecified atom stereocenters. The molecule has 188 valence electrons. The molecule has 5 rings (SSSR count). The van der Waals surface area contributed by atoms with Gasteiger partial charge in [-0.1, -0.05) is 45.2 Å². The van der Waals surface area contributed by atoms with Crippen molar-refractivity contribution in [3.63, 3.8) is 0 Å². The highest BCUT2D eigenvalue weighted by Crippen LogP contribution is 2.22. The summed E-state index contributed by atoms with van der Waals surface area (Å²) in [5.74, 6) is 2.68. The Morgan fingerprint density at radius 3 is 2.18 bits per heavy atom. The predicted molar refractivity (Wildman–Crippen MR) is 151 cm³/mol. The van der Waals surface area contributed by atoms with Gasteiger partial charge in [0, 0.05) is 56.0 Å². The molecule has 2 N–H and O–H groups in total. The van der Waals surface area contributed by atoms with Crippen LogP contribution in [0.1, 0.15) is 47.0 Å². The van der Waals surface area contributed by atoms with Gasteiger partial charge in [0.15, 0.2) is 0 Å². The van der Waals surface area contributed by atoms with Crippen LogP contribution in [0, 0.1) is 11.8 Å². The summed E-state index contributed by atoms with van der Waals surface area (Å²) in [5, 5.41) is 6.15. The maximum absolute atomic E-state index is 4.97. The predicted octanol–water partition coefficient (Wildman–Crippen LogP) is 6.71. The van der Waals surface area contributed by atoms with Crippen LogP contribution >= 0.6 is 11.8 Å². The lowest BCUT2D eigenvalue weighted by Crippen LogP contribution is -2.18. The molecule has 5 aliphatic heterocycles. The van der Waals surface area contributed by atoms with E-state index in [1.165, 1.54) is 23.5 Å². The largest absolute Gasteiger partial charge is 0.498 e. The Balaban J connectivity index is 0.000000213. The van der Waals surface area contributed by atoms with Crippen molar-refractivity contribution >= 4 is 18.0 Å². The van der Waals surface area contributed by atoms with E-state index in [1.54, 1.807) is 18.7 Å². The van der Waals surface area contributed by atoms with Gasteiger partial charge >= 0.3 is 0 Å². The third kappa shape index (κ3) is 14.5. The lowest BCUT2D eigenvalue weighted by molar-refractivity contribution is 0.189. The maximum atomic E-state index is 4.97. The quantitative estimate of drug-likeness (QED) is 0.400. The molecule has 0 aromatic heterocycles. The molecule has 0 fully saturated rings. The summed E-state index contributed by atoms with van der Waals surface area (Å²) in [6, 6.07) is 0. The Morgan fingerprint density at radius 1 is 1.15 bits per heavy atom. The average molecular weight is 485 g/mol. The third-order valence-electron chi connectivity index (χ3n) is 5.25. The second kappa shape index (κ2) is 17.8. The molecule has 0 saturated carbocycles. The number of ether oxygens (including phenoxy) is 1. The van der Waals surface area contributed by atoms with E-state index in [-0.39, 0.29) is 0 Å². The van der Waals surface area contributed by atoms with Crippen LogP contribution in [0.4, 0.5) is 0 Å². The minimum Gasteiger partial charge on any atom is -0.498 e. The summed E-state index contributed by atoms with van der Waals surface area (Å²) in [7, 11) is 1.93. The molecule has 5 nitrogen and oxygen atoms in total. The molecular formula is C28H44N4OS. The van der Waals surface area contributed by atoms with Gasteiger partial charge in [-0.05, 0) is 56.0 Å². The van der Waals surface area contributed by atoms with E-state index < -0.39 is 0 Å². The molecule has 0 spiro atoms. The van der Waals surface area contributed by atoms with E-state index in [2.05, 4.69) is 74.7 Å². The molecule has 0 saturated heterocycles. The first-order chi connectivity index (χ1) is 16.3. The van der Waals surface area contributed by atoms with Crippen molar-refractivity contribution in [1.82, 2.24) is 15.5 Å². The zero-order chi connectivity index (χ0) is 25.2. The fraction of sp³-hybridized carbons (Fsp3) is 0.464. The topological polar surface area (TPSA) is 48.9 Å². The number of rotatable bonds is 0. The van der Waals surface area contributed by atoms with E-state index in [0.717, 1.165) is 30.3 Å². The maximum Gasteiger partial charge on any atom is 0.0985 e. The number of nitrogens with one attached hydrogen (secondary N) is 2. The summed E-state index contributed by atoms with van der Waals surface area (Å²) in [4.78, 5) is 7.27. The van der Waals surface area contributed by atoms with Crippen molar-refractivity contribution in [2.75, 3.05) is 19.3 Å². The summed E-state index contributed by atoms with van der Waals surface area (Å²) < 4.78 is 4.97. The standard InChI is InChI=1S/C6H8N2.C6H9N.C6H11N.C5H8O.C5H8S/c1-6-5-7-3-4-8(6)2;1-5-3-4-7-6(5)2;1-6-3-2-4-7-5-6;2*1-5-3-2-4-6-5/h3-5H,1H2,2H3;3-5,7H,2H2,1H3;2,4,6-7H,3,5H2,1H3;2,4-5H,3H2,1H3;3H,2,4H2,1H3/t;5-;6-;5-;/m.010./s1. The minimum absolute atomic E-state index is 0.435. The summed E-state index contributed by atoms with van der Waals surface area (Å²) in [6.07, 6.45) is 23.6. The number of hydrogen-bond donors (Lipinski definition) is 2. The molecule has 0 aliphatic carbocycles. The number of hydrogen-bond acceptors (Lipinski definition) is 6. The van der Waals surface area contributed by atoms with Gasteiger partial charge in [-0.25, -0.2) is 0 Å². The van der Waals surface area contributed by atoms with Crippen LogP contribution < -0.4 is 10.6 Å². The zero-order valence-corrected chi connectivity index (χ0v) is 22.5. The highest BCUT2D eigenvalue weighted by molar-refractivity contribution is 8.03. The molecular weight excluding hydrogens is 440 g/mol. The van der Waals surface area contributed by atoms with Crippen molar-refractivity contribution in [3.8, 4) is 0 Å². The molecule has 0 amide bonds. The fourth-order valence-electron chi connectivity index (χ4n) is 2.77. The smallest absolute Gasteiger partial charge is 0.0985 e. The highest BCUT2D eigenvalue weighted by Gasteiger charge is 2.04. The van der Waals surface area contributed by atoms with Crippen LogP contribution in [0.25, 0.3) is 0 Å². The van der Waals surface area contributed by atoms with Crippen molar-refractivity contribution in [3.05, 3.63) is 84.8 Å². The van der Waals surface area contributed by atoms with Crippen molar-refractivity contribution in [2.45, 2.75) is 53.1 Å². The van der Waals surface area contributed by atoms with Crippen LogP contribution in [0.3, 0.4) is 0 Å². The van der Waals surface area contributed by atoms with Crippen LogP contribution in [0.2, 0.25) is 0 Å². The lowest BCUT2D eigenvalue weighted by atomic mass is 10.1. The first-order valence-corrected chi connectivity index (χ1v) is 13.0. The normalized spacial score (nSPS) is 25.1. The molecule has 5 aliphatic rings. The number of nitrogens with zero attached hydrogens (tertiary/aromatic N) is 2. The molecule has 0 bridgehead atoms. The SMILES string of the molecule is C=C1C=NC=CN1C.C=C1NC=C[C@@H]1C.CC1=CCCS1.C[C@@H]1CC=CNC1.C[C@H]1CC=CO1. The van der Waals surface area contributed by atoms with Gasteiger partial charge in [0.25, 0.3) is 0 Å². The van der Waals surface area contributed by atoms with E-state index in [1.807, 2.05) is 48.4 Å². The second-order valence-electron chi connectivity index (χ2n) is 8.65. The van der Waals surface area contributed by atoms with E-state index in [4.69, 9.17) is 4.74 Å². The summed E-state index contributed by atoms with van der Waals surface area (Å²) in [6.45, 7) is 17.2. The zero-order valence-electron chi connectivity index (χ0n) is 21.7. The fourth-order valence-corrected chi connectivity index (χ4v) is 3.56. The lowest BCUT2D eigenvalue weighted by Gasteiger charge is -2.14. The molecule has 0 aromatic carbocycles. The van der Waals surface area contributed by atoms with Crippen LogP contribution in [0.5, 0.6) is 0 Å². The minimum atomic E-state index is 0.435. The monoisotopic (exact) mass is 484 g/mol. The van der Waals surface area contributed by atoms with Crippen molar-refractivity contribution < 1.29 is 4.74 Å². The molecule has 5 heterocycles. The van der Waals surface area contributed by atoms with Gasteiger partial charge in [0.1, 0.15) is 0 Å². The van der Waals surface area contributed by atoms with Crippen molar-refractivity contribution in [2.24, 2.45) is 16.8 Å². The molecule has 3 atom stereocenters. The number of allylic oxidation sites excluding steroid dienone is 5. The molecule has 6 heteroatoms. The molecule has 0 radical (unpaired) electrons. The van der Waals surface area contributed by atoms with Gasteiger partial charge in [-0.15, -0.1) is 11.8 Å². The average Bonchev–Trinajstić information content (AvgIpc) is 3.58. The Hall–Kier alpha value is -2.60. The van der Waals surface area contributed by atoms with Gasteiger partial charge in [0.2, 0.25) is 0 Å². The van der Waals surface area contributed by atoms with E-state index >= 15 is 0 Å². The van der Waals surface area contributed by atoms with Gasteiger partial charge in [0.05, 0.1) is 18.1 Å². The Labute approximate surface area is 212 Å². The Bertz CT molecular complexity index is 786. The van der Waals surface area contributed by atoms with Crippen molar-refractivity contribution in [1.29, 1.82) is 0 Å². The van der Waals surface area contributed by atoms with Gasteiger partial charge in [-0.2, -0.15) is 0 Å². The van der Waals surface area contributed by atoms with Crippen LogP contribution in [0.15, 0.2) is 89.8 Å². The molecule has 0 aromatic rings. The Kier molecular flexibility index (Phi) is 15.4. The highest BCUT2D eigenvalue weighted by atomic mass is 32.2. The first-order valence-electron chi connectivity index (χ1n) is 12.0. The second-order valence-corrected chi connectivity index (χ2v) is 9.99. The summed E-state index contributed by atoms with van der Waals surface area (Å²) in [5.41, 5.74) is 2.02. The van der Waals surface area contributed by atoms with E-state index in [0.29, 0.717) is 12.0 Å². The van der Waals surface area contributed by atoms with Gasteiger partial charge < -0.3 is 20.3 Å². The number of thioether (sulfide) groups is 1. The summed E-state index contributed by atoms with van der Waals surface area (Å²) >= 11 is 1.96. The first kappa shape index (κ1) is 29.4. The molecule has 34 heavy (non-hydrogen) atoms. The Morgan fingerprint density at radius 2 is 1.94 bits per heavy atom. The van der Waals surface area contributed by atoms with E-state index in [9.17, 15) is 0 Å². The van der Waals surface area contributed by atoms with Crippen LogP contribution in [-0.2, 0) is 4.74 Å². The van der Waals surface area contributed by atoms with Crippen LogP contribution in [-0.4, -0.2) is 36.6 Å². The third-order valence-corrected chi connectivity index (χ3v) is 6.31. The van der Waals surface area contributed by atoms with Gasteiger partial charge in [-0.3, -0.25) is 4.99 Å². The number of aliphatic imine (C=N–C) groups is 1.